The molecule has 7 nitrogen and oxygen atoms in total. The molecule has 0 atom stereocenters. The van der Waals surface area contributed by atoms with Crippen molar-refractivity contribution in [3.8, 4) is 0 Å². The van der Waals surface area contributed by atoms with Gasteiger partial charge in [0.25, 0.3) is 0 Å². The lowest BCUT2D eigenvalue weighted by Gasteiger charge is -2.11. The topological polar surface area (TPSA) is 93.7 Å². The molecule has 2 aromatic carbocycles. The average Bonchev–Trinajstić information content (AvgIpc) is 2.65. The average molecular weight is 411 g/mol. The molecule has 0 heterocycles. The second-order valence-corrected chi connectivity index (χ2v) is 6.15. The number of benzene rings is 2. The Morgan fingerprint density at radius 3 is 2.04 bits per heavy atom. The number of amides is 1. The Labute approximate surface area is 165 Å². The van der Waals surface area contributed by atoms with Gasteiger partial charge in [0.15, 0.2) is 0 Å². The monoisotopic (exact) mass is 410 g/mol. The lowest BCUT2D eigenvalue weighted by molar-refractivity contribution is -0.114. The normalized spacial score (nSPS) is 10.1. The zero-order valence-corrected chi connectivity index (χ0v) is 16.0. The maximum atomic E-state index is 12.2. The van der Waals surface area contributed by atoms with Crippen LogP contribution in [-0.4, -0.2) is 38.6 Å². The van der Waals surface area contributed by atoms with Gasteiger partial charge in [0.1, 0.15) is 0 Å². The molecule has 2 N–H and O–H groups in total. The number of hydrogen-bond acceptors (Lipinski definition) is 6. The predicted octanol–water partition coefficient (Wildman–Crippen LogP) is 3.62. The van der Waals surface area contributed by atoms with Gasteiger partial charge in [-0.05, 0) is 36.4 Å². The van der Waals surface area contributed by atoms with Crippen molar-refractivity contribution in [3.63, 3.8) is 0 Å². The van der Waals surface area contributed by atoms with Crippen LogP contribution in [0.1, 0.15) is 20.7 Å². The van der Waals surface area contributed by atoms with Gasteiger partial charge in [-0.25, -0.2) is 9.59 Å². The summed E-state index contributed by atoms with van der Waals surface area (Å²) in [6.45, 7) is -0.0998. The molecule has 0 aliphatic carbocycles. The van der Waals surface area contributed by atoms with Crippen molar-refractivity contribution in [1.29, 1.82) is 0 Å². The van der Waals surface area contributed by atoms with Crippen LogP contribution in [0.2, 0.25) is 10.0 Å². The van der Waals surface area contributed by atoms with E-state index in [1.807, 2.05) is 0 Å². The Bertz CT molecular complexity index is 852. The van der Waals surface area contributed by atoms with E-state index in [9.17, 15) is 14.4 Å². The van der Waals surface area contributed by atoms with E-state index in [4.69, 9.17) is 23.2 Å². The first kappa shape index (κ1) is 20.5. The molecule has 2 aromatic rings. The Kier molecular flexibility index (Phi) is 7.04. The number of anilines is 2. The summed E-state index contributed by atoms with van der Waals surface area (Å²) in [4.78, 5) is 35.7. The molecule has 0 bridgehead atoms. The fraction of sp³-hybridized carbons (Fsp3) is 0.167. The highest BCUT2D eigenvalue weighted by Gasteiger charge is 2.15. The van der Waals surface area contributed by atoms with E-state index < -0.39 is 17.8 Å². The van der Waals surface area contributed by atoms with Crippen LogP contribution in [0.3, 0.4) is 0 Å². The number of ether oxygens (including phenoxy) is 2. The van der Waals surface area contributed by atoms with E-state index in [1.165, 1.54) is 32.4 Å². The van der Waals surface area contributed by atoms with E-state index in [2.05, 4.69) is 20.1 Å². The summed E-state index contributed by atoms with van der Waals surface area (Å²) in [5.74, 6) is -1.72. The van der Waals surface area contributed by atoms with Crippen LogP contribution in [0, 0.1) is 0 Å². The standard InChI is InChI=1S/C18H16Cl2N2O5/c1-26-17(24)10-5-11(18(25)27-2)7-13(6-10)22-16(23)9-21-15-4-3-12(19)8-14(15)20/h3-8,21H,9H2,1-2H3,(H,22,23). The fourth-order valence-electron chi connectivity index (χ4n) is 2.18. The lowest BCUT2D eigenvalue weighted by atomic mass is 10.1. The largest absolute Gasteiger partial charge is 0.465 e. The molecule has 1 amide bonds. The zero-order valence-electron chi connectivity index (χ0n) is 14.5. The number of nitrogens with one attached hydrogen (secondary N) is 2. The van der Waals surface area contributed by atoms with E-state index in [1.54, 1.807) is 18.2 Å². The molecule has 0 aliphatic rings. The van der Waals surface area contributed by atoms with Gasteiger partial charge in [0.2, 0.25) is 5.91 Å². The molecule has 0 unspecified atom stereocenters. The summed E-state index contributed by atoms with van der Waals surface area (Å²) in [5, 5.41) is 6.32. The third kappa shape index (κ3) is 5.60. The molecule has 9 heteroatoms. The van der Waals surface area contributed by atoms with Crippen molar-refractivity contribution >= 4 is 52.4 Å². The van der Waals surface area contributed by atoms with Crippen molar-refractivity contribution < 1.29 is 23.9 Å². The minimum Gasteiger partial charge on any atom is -0.465 e. The van der Waals surface area contributed by atoms with Gasteiger partial charge >= 0.3 is 11.9 Å². The highest BCUT2D eigenvalue weighted by atomic mass is 35.5. The summed E-state index contributed by atoms with van der Waals surface area (Å²) in [6, 6.07) is 8.93. The van der Waals surface area contributed by atoms with Crippen LogP contribution >= 0.6 is 23.2 Å². The molecule has 0 saturated heterocycles. The van der Waals surface area contributed by atoms with E-state index in [0.717, 1.165) is 0 Å². The predicted molar refractivity (Wildman–Crippen MR) is 103 cm³/mol. The summed E-state index contributed by atoms with van der Waals surface area (Å²) >= 11 is 11.9. The molecular formula is C18H16Cl2N2O5. The Morgan fingerprint density at radius 1 is 0.926 bits per heavy atom. The molecule has 0 radical (unpaired) electrons. The fourth-order valence-corrected chi connectivity index (χ4v) is 2.66. The van der Waals surface area contributed by atoms with Crippen molar-refractivity contribution in [2.45, 2.75) is 0 Å². The summed E-state index contributed by atoms with van der Waals surface area (Å²) in [7, 11) is 2.43. The molecule has 2 rings (SSSR count). The van der Waals surface area contributed by atoms with E-state index in [0.29, 0.717) is 15.7 Å². The molecule has 0 spiro atoms. The number of rotatable bonds is 6. The first-order valence-electron chi connectivity index (χ1n) is 7.64. The summed E-state index contributed by atoms with van der Waals surface area (Å²) < 4.78 is 9.30. The Balaban J connectivity index is 2.13. The summed E-state index contributed by atoms with van der Waals surface area (Å²) in [6.07, 6.45) is 0. The third-order valence-corrected chi connectivity index (χ3v) is 3.98. The number of carbonyl (C=O) groups is 3. The van der Waals surface area contributed by atoms with Crippen LogP contribution in [-0.2, 0) is 14.3 Å². The molecule has 27 heavy (non-hydrogen) atoms. The number of halogens is 2. The van der Waals surface area contributed by atoms with Gasteiger partial charge in [0, 0.05) is 10.7 Å². The maximum Gasteiger partial charge on any atom is 0.337 e. The molecule has 0 aliphatic heterocycles. The van der Waals surface area contributed by atoms with Gasteiger partial charge in [-0.3, -0.25) is 4.79 Å². The zero-order chi connectivity index (χ0) is 20.0. The first-order valence-corrected chi connectivity index (χ1v) is 8.40. The van der Waals surface area contributed by atoms with Crippen LogP contribution in [0.25, 0.3) is 0 Å². The molecular weight excluding hydrogens is 395 g/mol. The van der Waals surface area contributed by atoms with Gasteiger partial charge in [-0.15, -0.1) is 0 Å². The van der Waals surface area contributed by atoms with Gasteiger partial charge in [-0.1, -0.05) is 23.2 Å². The lowest BCUT2D eigenvalue weighted by Crippen LogP contribution is -2.22. The molecule has 0 fully saturated rings. The van der Waals surface area contributed by atoms with Crippen LogP contribution in [0.5, 0.6) is 0 Å². The van der Waals surface area contributed by atoms with Crippen molar-refractivity contribution in [2.75, 3.05) is 31.4 Å². The van der Waals surface area contributed by atoms with Crippen LogP contribution in [0.4, 0.5) is 11.4 Å². The number of hydrogen-bond donors (Lipinski definition) is 2. The van der Waals surface area contributed by atoms with Crippen molar-refractivity contribution in [1.82, 2.24) is 0 Å². The smallest absolute Gasteiger partial charge is 0.337 e. The Morgan fingerprint density at radius 2 is 1.52 bits per heavy atom. The SMILES string of the molecule is COC(=O)c1cc(NC(=O)CNc2ccc(Cl)cc2Cl)cc(C(=O)OC)c1. The highest BCUT2D eigenvalue weighted by molar-refractivity contribution is 6.36. The first-order chi connectivity index (χ1) is 12.8. The maximum absolute atomic E-state index is 12.2. The number of carbonyl (C=O) groups excluding carboxylic acids is 3. The van der Waals surface area contributed by atoms with Gasteiger partial charge in [-0.2, -0.15) is 0 Å². The van der Waals surface area contributed by atoms with Crippen molar-refractivity contribution in [2.24, 2.45) is 0 Å². The number of esters is 2. The Hall–Kier alpha value is -2.77. The minimum absolute atomic E-state index is 0.0998. The third-order valence-electron chi connectivity index (χ3n) is 3.43. The number of methoxy groups -OCH3 is 2. The van der Waals surface area contributed by atoms with Crippen LogP contribution < -0.4 is 10.6 Å². The second kappa shape index (κ2) is 9.25. The second-order valence-electron chi connectivity index (χ2n) is 5.31. The van der Waals surface area contributed by atoms with Crippen LogP contribution in [0.15, 0.2) is 36.4 Å². The van der Waals surface area contributed by atoms with E-state index in [-0.39, 0.29) is 23.4 Å². The molecule has 0 aromatic heterocycles. The summed E-state index contributed by atoms with van der Waals surface area (Å²) in [5.41, 5.74) is 0.982. The van der Waals surface area contributed by atoms with Gasteiger partial charge in [0.05, 0.1) is 42.6 Å². The van der Waals surface area contributed by atoms with Gasteiger partial charge < -0.3 is 20.1 Å². The van der Waals surface area contributed by atoms with Crippen molar-refractivity contribution in [3.05, 3.63) is 57.6 Å². The quantitative estimate of drug-likeness (QED) is 0.706. The minimum atomic E-state index is -0.651. The van der Waals surface area contributed by atoms with E-state index >= 15 is 0 Å². The molecule has 142 valence electrons. The molecule has 0 saturated carbocycles. The highest BCUT2D eigenvalue weighted by Crippen LogP contribution is 2.25.